The number of rotatable bonds is 8. The summed E-state index contributed by atoms with van der Waals surface area (Å²) in [6.07, 6.45) is 3.44. The highest BCUT2D eigenvalue weighted by atomic mass is 32.2. The molecule has 0 saturated heterocycles. The number of nitrogens with one attached hydrogen (secondary N) is 2. The number of carbonyl (C=O) groups excluding carboxylic acids is 2. The van der Waals surface area contributed by atoms with E-state index in [0.717, 1.165) is 11.3 Å². The molecular weight excluding hydrogens is 448 g/mol. The van der Waals surface area contributed by atoms with Gasteiger partial charge in [0.05, 0.1) is 5.75 Å². The van der Waals surface area contributed by atoms with Gasteiger partial charge in [-0.15, -0.1) is 10.2 Å². The van der Waals surface area contributed by atoms with Crippen LogP contribution in [0.3, 0.4) is 0 Å². The van der Waals surface area contributed by atoms with Crippen LogP contribution in [-0.4, -0.2) is 37.3 Å². The Morgan fingerprint density at radius 3 is 2.26 bits per heavy atom. The maximum absolute atomic E-state index is 12.6. The number of thioether (sulfide) groups is 1. The fourth-order valence-electron chi connectivity index (χ4n) is 3.11. The van der Waals surface area contributed by atoms with Gasteiger partial charge in [0.2, 0.25) is 11.8 Å². The van der Waals surface area contributed by atoms with Crippen molar-refractivity contribution in [2.75, 3.05) is 16.4 Å². The lowest BCUT2D eigenvalue weighted by molar-refractivity contribution is -0.119. The molecule has 0 aliphatic heterocycles. The van der Waals surface area contributed by atoms with Gasteiger partial charge < -0.3 is 10.6 Å². The van der Waals surface area contributed by atoms with E-state index in [4.69, 9.17) is 0 Å². The molecule has 9 heteroatoms. The highest BCUT2D eigenvalue weighted by molar-refractivity contribution is 7.99. The first-order valence-electron chi connectivity index (χ1n) is 10.8. The molecule has 0 fully saturated rings. The van der Waals surface area contributed by atoms with Crippen LogP contribution in [0.1, 0.15) is 13.8 Å². The molecular formula is C25H24N6O2S. The molecule has 2 heterocycles. The summed E-state index contributed by atoms with van der Waals surface area (Å²) in [4.78, 5) is 28.6. The van der Waals surface area contributed by atoms with Crippen molar-refractivity contribution in [2.45, 2.75) is 19.0 Å². The van der Waals surface area contributed by atoms with Gasteiger partial charge in [0, 0.05) is 40.9 Å². The Morgan fingerprint density at radius 2 is 1.62 bits per heavy atom. The fraction of sp³-hybridized carbons (Fsp3) is 0.160. The Labute approximate surface area is 201 Å². The molecule has 0 radical (unpaired) electrons. The monoisotopic (exact) mass is 472 g/mol. The number of benzene rings is 2. The fourth-order valence-corrected chi connectivity index (χ4v) is 3.86. The van der Waals surface area contributed by atoms with Crippen LogP contribution in [0, 0.1) is 5.92 Å². The molecule has 8 nitrogen and oxygen atoms in total. The van der Waals surface area contributed by atoms with Crippen LogP contribution < -0.4 is 10.6 Å². The van der Waals surface area contributed by atoms with E-state index in [9.17, 15) is 9.59 Å². The van der Waals surface area contributed by atoms with Gasteiger partial charge in [0.1, 0.15) is 0 Å². The van der Waals surface area contributed by atoms with Gasteiger partial charge in [-0.2, -0.15) is 0 Å². The standard InChI is InChI=1S/C25H24N6O2S/c1-17(2)24(33)28-20-12-10-19(11-13-20)27-22(32)16-34-25-30-29-23(18-7-6-14-26-15-18)31(25)21-8-4-3-5-9-21/h3-15,17H,16H2,1-2H3,(H,27,32)(H,28,33). The molecule has 172 valence electrons. The predicted octanol–water partition coefficient (Wildman–Crippen LogP) is 4.65. The van der Waals surface area contributed by atoms with Gasteiger partial charge in [-0.05, 0) is 48.5 Å². The molecule has 34 heavy (non-hydrogen) atoms. The summed E-state index contributed by atoms with van der Waals surface area (Å²) in [5, 5.41) is 15.0. The van der Waals surface area contributed by atoms with E-state index in [1.165, 1.54) is 11.8 Å². The average molecular weight is 473 g/mol. The van der Waals surface area contributed by atoms with Crippen LogP contribution in [0.4, 0.5) is 11.4 Å². The third-order valence-corrected chi connectivity index (χ3v) is 5.79. The predicted molar refractivity (Wildman–Crippen MR) is 134 cm³/mol. The first kappa shape index (κ1) is 23.2. The molecule has 0 aliphatic carbocycles. The minimum Gasteiger partial charge on any atom is -0.326 e. The number of hydrogen-bond donors (Lipinski definition) is 2. The smallest absolute Gasteiger partial charge is 0.234 e. The molecule has 2 aromatic carbocycles. The molecule has 0 spiro atoms. The van der Waals surface area contributed by atoms with Crippen LogP contribution in [0.15, 0.2) is 84.3 Å². The van der Waals surface area contributed by atoms with Crippen LogP contribution >= 0.6 is 11.8 Å². The molecule has 2 N–H and O–H groups in total. The van der Waals surface area contributed by atoms with E-state index in [-0.39, 0.29) is 23.5 Å². The summed E-state index contributed by atoms with van der Waals surface area (Å²) in [6.45, 7) is 3.67. The van der Waals surface area contributed by atoms with Crippen molar-refractivity contribution in [2.24, 2.45) is 5.92 Å². The highest BCUT2D eigenvalue weighted by Gasteiger charge is 2.17. The molecule has 0 unspecified atom stereocenters. The number of carbonyl (C=O) groups is 2. The Morgan fingerprint density at radius 1 is 0.912 bits per heavy atom. The number of anilines is 2. The first-order valence-corrected chi connectivity index (χ1v) is 11.7. The van der Waals surface area contributed by atoms with Crippen LogP contribution in [0.25, 0.3) is 17.1 Å². The molecule has 4 aromatic rings. The molecule has 0 aliphatic rings. The molecule has 2 aromatic heterocycles. The van der Waals surface area contributed by atoms with Crippen LogP contribution in [0.5, 0.6) is 0 Å². The van der Waals surface area contributed by atoms with Crippen molar-refractivity contribution in [3.8, 4) is 17.1 Å². The molecule has 0 atom stereocenters. The van der Waals surface area contributed by atoms with Crippen molar-refractivity contribution < 1.29 is 9.59 Å². The highest BCUT2D eigenvalue weighted by Crippen LogP contribution is 2.27. The minimum atomic E-state index is -0.172. The Bertz CT molecular complexity index is 1260. The maximum Gasteiger partial charge on any atom is 0.234 e. The third-order valence-electron chi connectivity index (χ3n) is 4.86. The number of para-hydroxylation sites is 1. The van der Waals surface area contributed by atoms with Crippen molar-refractivity contribution in [3.63, 3.8) is 0 Å². The quantitative estimate of drug-likeness (QED) is 0.362. The van der Waals surface area contributed by atoms with Gasteiger partial charge in [0.25, 0.3) is 0 Å². The van der Waals surface area contributed by atoms with Crippen LogP contribution in [0.2, 0.25) is 0 Å². The van der Waals surface area contributed by atoms with Crippen molar-refractivity contribution in [1.82, 2.24) is 19.7 Å². The lowest BCUT2D eigenvalue weighted by atomic mass is 10.2. The zero-order valence-electron chi connectivity index (χ0n) is 18.8. The lowest BCUT2D eigenvalue weighted by Crippen LogP contribution is -2.18. The Balaban J connectivity index is 1.45. The van der Waals surface area contributed by atoms with Crippen molar-refractivity contribution >= 4 is 35.0 Å². The molecule has 4 rings (SSSR count). The van der Waals surface area contributed by atoms with E-state index in [1.54, 1.807) is 36.7 Å². The second kappa shape index (κ2) is 10.8. The van der Waals surface area contributed by atoms with E-state index in [1.807, 2.05) is 60.9 Å². The second-order valence-corrected chi connectivity index (χ2v) is 8.72. The van der Waals surface area contributed by atoms with Crippen LogP contribution in [-0.2, 0) is 9.59 Å². The summed E-state index contributed by atoms with van der Waals surface area (Å²) in [7, 11) is 0. The first-order chi connectivity index (χ1) is 16.5. The topological polar surface area (TPSA) is 102 Å². The molecule has 0 saturated carbocycles. The summed E-state index contributed by atoms with van der Waals surface area (Å²) in [6, 6.07) is 20.6. The SMILES string of the molecule is CC(C)C(=O)Nc1ccc(NC(=O)CSc2nnc(-c3cccnc3)n2-c2ccccc2)cc1. The lowest BCUT2D eigenvalue weighted by Gasteiger charge is -2.11. The molecule has 0 bridgehead atoms. The van der Waals surface area contributed by atoms with E-state index in [0.29, 0.717) is 22.4 Å². The van der Waals surface area contributed by atoms with Gasteiger partial charge in [-0.25, -0.2) is 0 Å². The van der Waals surface area contributed by atoms with Gasteiger partial charge in [0.15, 0.2) is 11.0 Å². The van der Waals surface area contributed by atoms with Gasteiger partial charge in [-0.1, -0.05) is 43.8 Å². The van der Waals surface area contributed by atoms with Gasteiger partial charge in [-0.3, -0.25) is 19.1 Å². The zero-order chi connectivity index (χ0) is 23.9. The van der Waals surface area contributed by atoms with E-state index in [2.05, 4.69) is 25.8 Å². The Kier molecular flexibility index (Phi) is 7.34. The second-order valence-electron chi connectivity index (χ2n) is 7.78. The zero-order valence-corrected chi connectivity index (χ0v) is 19.6. The summed E-state index contributed by atoms with van der Waals surface area (Å²) in [5.41, 5.74) is 3.06. The maximum atomic E-state index is 12.6. The average Bonchev–Trinajstić information content (AvgIpc) is 3.29. The number of nitrogens with zero attached hydrogens (tertiary/aromatic N) is 4. The third kappa shape index (κ3) is 5.68. The van der Waals surface area contributed by atoms with E-state index < -0.39 is 0 Å². The number of aromatic nitrogens is 4. The summed E-state index contributed by atoms with van der Waals surface area (Å²) < 4.78 is 1.92. The normalized spacial score (nSPS) is 10.8. The number of hydrogen-bond acceptors (Lipinski definition) is 6. The Hall–Kier alpha value is -3.98. The van der Waals surface area contributed by atoms with Crippen molar-refractivity contribution in [3.05, 3.63) is 79.1 Å². The summed E-state index contributed by atoms with van der Waals surface area (Å²) in [5.74, 6) is 0.481. The number of amides is 2. The number of pyridine rings is 1. The van der Waals surface area contributed by atoms with Gasteiger partial charge >= 0.3 is 0 Å². The summed E-state index contributed by atoms with van der Waals surface area (Å²) >= 11 is 1.30. The van der Waals surface area contributed by atoms with E-state index >= 15 is 0 Å². The van der Waals surface area contributed by atoms with Crippen molar-refractivity contribution in [1.29, 1.82) is 0 Å². The largest absolute Gasteiger partial charge is 0.326 e. The minimum absolute atomic E-state index is 0.0543. The molecule has 2 amide bonds.